The number of aromatic nitrogens is 2. The largest absolute Gasteiger partial charge is 0.489 e. The minimum atomic E-state index is 0.0490. The molecule has 2 N–H and O–H groups in total. The van der Waals surface area contributed by atoms with Gasteiger partial charge in [-0.05, 0) is 29.8 Å². The molecular weight excluding hydrogens is 314 g/mol. The molecule has 0 aliphatic heterocycles. The van der Waals surface area contributed by atoms with Crippen LogP contribution < -0.4 is 10.5 Å². The van der Waals surface area contributed by atoms with Crippen molar-refractivity contribution in [2.45, 2.75) is 6.61 Å². The normalized spacial score (nSPS) is 11.0. The number of benzene rings is 2. The number of hydrogen-bond acceptors (Lipinski definition) is 5. The third kappa shape index (κ3) is 4.11. The number of rotatable bonds is 5. The van der Waals surface area contributed by atoms with Gasteiger partial charge in [-0.1, -0.05) is 47.0 Å². The SMILES string of the molecule is Nc1nnc(/C=C/c2ccc(OCc3ccccc3Cl)cc2)o1. The second kappa shape index (κ2) is 6.98. The van der Waals surface area contributed by atoms with Crippen LogP contribution in [0, 0.1) is 0 Å². The molecule has 6 heteroatoms. The van der Waals surface area contributed by atoms with Gasteiger partial charge in [-0.3, -0.25) is 0 Å². The van der Waals surface area contributed by atoms with Gasteiger partial charge in [0.1, 0.15) is 12.4 Å². The van der Waals surface area contributed by atoms with Crippen LogP contribution in [0.5, 0.6) is 5.75 Å². The number of halogens is 1. The number of nitrogens with two attached hydrogens (primary N) is 1. The van der Waals surface area contributed by atoms with Gasteiger partial charge in [0.2, 0.25) is 5.89 Å². The number of nitrogens with zero attached hydrogens (tertiary/aromatic N) is 2. The average Bonchev–Trinajstić information content (AvgIpc) is 2.99. The topological polar surface area (TPSA) is 74.2 Å². The van der Waals surface area contributed by atoms with Crippen molar-refractivity contribution in [2.24, 2.45) is 0 Å². The van der Waals surface area contributed by atoms with Crippen molar-refractivity contribution in [3.63, 3.8) is 0 Å². The lowest BCUT2D eigenvalue weighted by Gasteiger charge is -2.07. The molecule has 116 valence electrons. The van der Waals surface area contributed by atoms with Crippen LogP contribution in [-0.2, 0) is 6.61 Å². The summed E-state index contributed by atoms with van der Waals surface area (Å²) in [6, 6.07) is 15.3. The maximum Gasteiger partial charge on any atom is 0.313 e. The molecule has 0 aliphatic rings. The van der Waals surface area contributed by atoms with Gasteiger partial charge in [0.05, 0.1) is 0 Å². The molecule has 0 aliphatic carbocycles. The zero-order valence-corrected chi connectivity index (χ0v) is 12.9. The van der Waals surface area contributed by atoms with Gasteiger partial charge in [-0.2, -0.15) is 0 Å². The third-order valence-corrected chi connectivity index (χ3v) is 3.48. The first-order valence-corrected chi connectivity index (χ1v) is 7.32. The Morgan fingerprint density at radius 3 is 2.52 bits per heavy atom. The van der Waals surface area contributed by atoms with Gasteiger partial charge in [0.25, 0.3) is 0 Å². The Balaban J connectivity index is 1.61. The molecule has 2 aromatic carbocycles. The maximum atomic E-state index is 6.10. The summed E-state index contributed by atoms with van der Waals surface area (Å²) >= 11 is 6.10. The Kier molecular flexibility index (Phi) is 4.59. The predicted octanol–water partition coefficient (Wildman–Crippen LogP) is 4.05. The van der Waals surface area contributed by atoms with Crippen LogP contribution in [0.2, 0.25) is 5.02 Å². The molecule has 0 saturated carbocycles. The standard InChI is InChI=1S/C17H14ClN3O2/c18-15-4-2-1-3-13(15)11-22-14-8-5-12(6-9-14)7-10-16-20-21-17(19)23-16/h1-10H,11H2,(H2,19,21)/b10-7+. The van der Waals surface area contributed by atoms with Crippen LogP contribution in [-0.4, -0.2) is 10.2 Å². The van der Waals surface area contributed by atoms with Crippen LogP contribution in [0.15, 0.2) is 52.9 Å². The summed E-state index contributed by atoms with van der Waals surface area (Å²) in [7, 11) is 0. The summed E-state index contributed by atoms with van der Waals surface area (Å²) in [6.45, 7) is 0.427. The van der Waals surface area contributed by atoms with Crippen molar-refractivity contribution in [3.05, 3.63) is 70.6 Å². The fraction of sp³-hybridized carbons (Fsp3) is 0.0588. The van der Waals surface area contributed by atoms with Gasteiger partial charge in [-0.15, -0.1) is 5.10 Å². The number of nitrogen functional groups attached to an aromatic ring is 1. The van der Waals surface area contributed by atoms with Gasteiger partial charge in [0, 0.05) is 16.7 Å². The summed E-state index contributed by atoms with van der Waals surface area (Å²) in [6.07, 6.45) is 3.55. The lowest BCUT2D eigenvalue weighted by atomic mass is 10.2. The van der Waals surface area contributed by atoms with Crippen molar-refractivity contribution in [1.82, 2.24) is 10.2 Å². The molecule has 23 heavy (non-hydrogen) atoms. The summed E-state index contributed by atoms with van der Waals surface area (Å²) in [5.74, 6) is 1.13. The zero-order valence-electron chi connectivity index (χ0n) is 12.1. The molecule has 5 nitrogen and oxygen atoms in total. The minimum absolute atomic E-state index is 0.0490. The molecule has 1 aromatic heterocycles. The first-order valence-electron chi connectivity index (χ1n) is 6.94. The lowest BCUT2D eigenvalue weighted by Crippen LogP contribution is -1.95. The Bertz CT molecular complexity index is 813. The van der Waals surface area contributed by atoms with Gasteiger partial charge in [0.15, 0.2) is 0 Å². The molecule has 3 rings (SSSR count). The number of ether oxygens (including phenoxy) is 1. The highest BCUT2D eigenvalue weighted by molar-refractivity contribution is 6.31. The van der Waals surface area contributed by atoms with Gasteiger partial charge < -0.3 is 14.9 Å². The third-order valence-electron chi connectivity index (χ3n) is 3.11. The van der Waals surface area contributed by atoms with E-state index in [1.54, 1.807) is 6.08 Å². The van der Waals surface area contributed by atoms with E-state index in [-0.39, 0.29) is 6.01 Å². The molecule has 0 bridgehead atoms. The quantitative estimate of drug-likeness (QED) is 0.765. The molecule has 0 spiro atoms. The fourth-order valence-electron chi connectivity index (χ4n) is 1.93. The Morgan fingerprint density at radius 2 is 1.83 bits per heavy atom. The summed E-state index contributed by atoms with van der Waals surface area (Å²) in [4.78, 5) is 0. The smallest absolute Gasteiger partial charge is 0.313 e. The van der Waals surface area contributed by atoms with Crippen molar-refractivity contribution in [2.75, 3.05) is 5.73 Å². The van der Waals surface area contributed by atoms with Crippen molar-refractivity contribution in [3.8, 4) is 5.75 Å². The Hall–Kier alpha value is -2.79. The van der Waals surface area contributed by atoms with E-state index < -0.39 is 0 Å². The number of hydrogen-bond donors (Lipinski definition) is 1. The van der Waals surface area contributed by atoms with Crippen LogP contribution in [0.25, 0.3) is 12.2 Å². The molecule has 1 heterocycles. The van der Waals surface area contributed by atoms with E-state index >= 15 is 0 Å². The zero-order chi connectivity index (χ0) is 16.1. The monoisotopic (exact) mass is 327 g/mol. The first kappa shape index (κ1) is 15.1. The molecule has 0 atom stereocenters. The van der Waals surface area contributed by atoms with Crippen molar-refractivity contribution >= 4 is 29.8 Å². The first-order chi connectivity index (χ1) is 11.2. The minimum Gasteiger partial charge on any atom is -0.489 e. The van der Waals surface area contributed by atoms with Crippen LogP contribution in [0.4, 0.5) is 6.01 Å². The Morgan fingerprint density at radius 1 is 1.04 bits per heavy atom. The van der Waals surface area contributed by atoms with Gasteiger partial charge >= 0.3 is 6.01 Å². The summed E-state index contributed by atoms with van der Waals surface area (Å²) < 4.78 is 10.8. The highest BCUT2D eigenvalue weighted by atomic mass is 35.5. The fourth-order valence-corrected chi connectivity index (χ4v) is 2.12. The predicted molar refractivity (Wildman–Crippen MR) is 89.9 cm³/mol. The molecule has 0 unspecified atom stereocenters. The summed E-state index contributed by atoms with van der Waals surface area (Å²) in [5.41, 5.74) is 7.29. The van der Waals surface area contributed by atoms with Crippen LogP contribution in [0.3, 0.4) is 0 Å². The summed E-state index contributed by atoms with van der Waals surface area (Å²) in [5, 5.41) is 8.04. The molecule has 0 radical (unpaired) electrons. The van der Waals surface area contributed by atoms with Crippen LogP contribution >= 0.6 is 11.6 Å². The second-order valence-electron chi connectivity index (χ2n) is 4.76. The van der Waals surface area contributed by atoms with Gasteiger partial charge in [-0.25, -0.2) is 0 Å². The molecule has 3 aromatic rings. The van der Waals surface area contributed by atoms with E-state index in [0.29, 0.717) is 17.5 Å². The van der Waals surface area contributed by atoms with E-state index in [1.807, 2.05) is 54.6 Å². The highest BCUT2D eigenvalue weighted by Gasteiger charge is 2.01. The Labute approximate surface area is 138 Å². The second-order valence-corrected chi connectivity index (χ2v) is 5.17. The van der Waals surface area contributed by atoms with E-state index in [4.69, 9.17) is 26.5 Å². The molecule has 0 amide bonds. The van der Waals surface area contributed by atoms with E-state index in [0.717, 1.165) is 16.9 Å². The van der Waals surface area contributed by atoms with Crippen LogP contribution in [0.1, 0.15) is 17.0 Å². The lowest BCUT2D eigenvalue weighted by molar-refractivity contribution is 0.306. The average molecular weight is 328 g/mol. The van der Waals surface area contributed by atoms with Crippen molar-refractivity contribution in [1.29, 1.82) is 0 Å². The molecule has 0 saturated heterocycles. The number of anilines is 1. The maximum absolute atomic E-state index is 6.10. The molecular formula is C17H14ClN3O2. The van der Waals surface area contributed by atoms with Crippen molar-refractivity contribution < 1.29 is 9.15 Å². The van der Waals surface area contributed by atoms with E-state index in [1.165, 1.54) is 0 Å². The molecule has 0 fully saturated rings. The van der Waals surface area contributed by atoms with E-state index in [9.17, 15) is 0 Å². The van der Waals surface area contributed by atoms with E-state index in [2.05, 4.69) is 10.2 Å². The highest BCUT2D eigenvalue weighted by Crippen LogP contribution is 2.19.